The van der Waals surface area contributed by atoms with E-state index in [1.165, 1.54) is 6.26 Å². The Hall–Kier alpha value is -1.86. The fourth-order valence-corrected chi connectivity index (χ4v) is 2.38. The summed E-state index contributed by atoms with van der Waals surface area (Å²) in [7, 11) is 0. The first-order chi connectivity index (χ1) is 9.17. The predicted molar refractivity (Wildman–Crippen MR) is 74.9 cm³/mol. The Morgan fingerprint density at radius 1 is 1.47 bits per heavy atom. The minimum absolute atomic E-state index is 0.216. The third-order valence-electron chi connectivity index (χ3n) is 2.91. The minimum atomic E-state index is -0.805. The first-order valence-corrected chi connectivity index (χ1v) is 6.72. The van der Waals surface area contributed by atoms with E-state index in [4.69, 9.17) is 4.42 Å². The van der Waals surface area contributed by atoms with E-state index in [9.17, 15) is 10.1 Å². The highest BCUT2D eigenvalue weighted by molar-refractivity contribution is 9.10. The van der Waals surface area contributed by atoms with Gasteiger partial charge in [-0.15, -0.1) is 0 Å². The number of benzene rings is 1. The monoisotopic (exact) mass is 317 g/mol. The van der Waals surface area contributed by atoms with Crippen LogP contribution in [0.4, 0.5) is 0 Å². The normalized spacial score (nSPS) is 11.8. The lowest BCUT2D eigenvalue weighted by Crippen LogP contribution is -2.12. The zero-order chi connectivity index (χ0) is 13.8. The van der Waals surface area contributed by atoms with Gasteiger partial charge in [0.05, 0.1) is 17.9 Å². The van der Waals surface area contributed by atoms with E-state index in [1.807, 2.05) is 19.1 Å². The molecule has 2 rings (SSSR count). The summed E-state index contributed by atoms with van der Waals surface area (Å²) >= 11 is 3.35. The van der Waals surface area contributed by atoms with Crippen LogP contribution in [0.15, 0.2) is 45.5 Å². The van der Waals surface area contributed by atoms with Crippen molar-refractivity contribution in [3.63, 3.8) is 0 Å². The molecule has 0 N–H and O–H groups in total. The first kappa shape index (κ1) is 13.6. The second kappa shape index (κ2) is 5.85. The largest absolute Gasteiger partial charge is 0.469 e. The van der Waals surface area contributed by atoms with Crippen molar-refractivity contribution < 1.29 is 9.21 Å². The van der Waals surface area contributed by atoms with Gasteiger partial charge < -0.3 is 4.42 Å². The van der Waals surface area contributed by atoms with Gasteiger partial charge in [0, 0.05) is 10.9 Å². The maximum atomic E-state index is 12.4. The summed E-state index contributed by atoms with van der Waals surface area (Å²) in [5.41, 5.74) is 1.18. The van der Waals surface area contributed by atoms with Crippen molar-refractivity contribution in [2.75, 3.05) is 0 Å². The zero-order valence-electron chi connectivity index (χ0n) is 10.4. The second-order valence-electron chi connectivity index (χ2n) is 4.09. The molecule has 0 aliphatic carbocycles. The molecule has 3 nitrogen and oxygen atoms in total. The van der Waals surface area contributed by atoms with E-state index < -0.39 is 5.92 Å². The number of nitrogens with zero attached hydrogens (tertiary/aromatic N) is 1. The van der Waals surface area contributed by atoms with Crippen LogP contribution in [0, 0.1) is 11.3 Å². The minimum Gasteiger partial charge on any atom is -0.469 e. The van der Waals surface area contributed by atoms with Crippen LogP contribution in [0.25, 0.3) is 0 Å². The molecule has 0 radical (unpaired) electrons. The van der Waals surface area contributed by atoms with Crippen LogP contribution >= 0.6 is 15.9 Å². The Bertz CT molecular complexity index is 640. The van der Waals surface area contributed by atoms with Crippen LogP contribution in [0.2, 0.25) is 0 Å². The number of carbonyl (C=O) groups is 1. The topological polar surface area (TPSA) is 54.0 Å². The number of halogens is 1. The van der Waals surface area contributed by atoms with E-state index >= 15 is 0 Å². The van der Waals surface area contributed by atoms with Crippen LogP contribution in [0.5, 0.6) is 0 Å². The number of Topliss-reactive ketones (excluding diaryl/α,β-unsaturated/α-hetero) is 1. The standard InChI is InChI=1S/C15H12BrNO2/c1-2-14-12(6-7-19-14)15(18)13(9-17)10-4-3-5-11(16)8-10/h3-8,13H,2H2,1H3. The molecule has 0 saturated heterocycles. The average Bonchev–Trinajstić information content (AvgIpc) is 2.87. The van der Waals surface area contributed by atoms with Crippen molar-refractivity contribution >= 4 is 21.7 Å². The molecule has 96 valence electrons. The van der Waals surface area contributed by atoms with Crippen LogP contribution in [-0.2, 0) is 6.42 Å². The predicted octanol–water partition coefficient (Wildman–Crippen LogP) is 4.09. The first-order valence-electron chi connectivity index (χ1n) is 5.93. The molecule has 1 aromatic carbocycles. The molecule has 1 unspecified atom stereocenters. The average molecular weight is 318 g/mol. The molecule has 0 fully saturated rings. The van der Waals surface area contributed by atoms with Crippen LogP contribution < -0.4 is 0 Å². The number of hydrogen-bond donors (Lipinski definition) is 0. The van der Waals surface area contributed by atoms with Gasteiger partial charge in [-0.2, -0.15) is 5.26 Å². The van der Waals surface area contributed by atoms with Crippen LogP contribution in [0.1, 0.15) is 34.5 Å². The van der Waals surface area contributed by atoms with Crippen molar-refractivity contribution in [2.24, 2.45) is 0 Å². The third-order valence-corrected chi connectivity index (χ3v) is 3.40. The highest BCUT2D eigenvalue weighted by atomic mass is 79.9. The van der Waals surface area contributed by atoms with Crippen molar-refractivity contribution in [1.82, 2.24) is 0 Å². The van der Waals surface area contributed by atoms with Gasteiger partial charge in [-0.3, -0.25) is 4.79 Å². The number of nitriles is 1. The molecule has 19 heavy (non-hydrogen) atoms. The Kier molecular flexibility index (Phi) is 4.18. The Balaban J connectivity index is 2.38. The number of aryl methyl sites for hydroxylation is 1. The highest BCUT2D eigenvalue weighted by Gasteiger charge is 2.25. The van der Waals surface area contributed by atoms with Crippen molar-refractivity contribution in [1.29, 1.82) is 5.26 Å². The lowest BCUT2D eigenvalue weighted by atomic mass is 9.92. The molecule has 2 aromatic rings. The summed E-state index contributed by atoms with van der Waals surface area (Å²) in [5, 5.41) is 9.29. The van der Waals surface area contributed by atoms with E-state index in [2.05, 4.69) is 22.0 Å². The fourth-order valence-electron chi connectivity index (χ4n) is 1.96. The quantitative estimate of drug-likeness (QED) is 0.798. The molecule has 4 heteroatoms. The van der Waals surface area contributed by atoms with Gasteiger partial charge in [-0.25, -0.2) is 0 Å². The van der Waals surface area contributed by atoms with Gasteiger partial charge in [-0.05, 0) is 23.8 Å². The molecule has 0 aliphatic rings. The summed E-state index contributed by atoms with van der Waals surface area (Å²) in [4.78, 5) is 12.4. The highest BCUT2D eigenvalue weighted by Crippen LogP contribution is 2.25. The number of carbonyl (C=O) groups excluding carboxylic acids is 1. The third kappa shape index (κ3) is 2.77. The van der Waals surface area contributed by atoms with Crippen LogP contribution in [0.3, 0.4) is 0 Å². The summed E-state index contributed by atoms with van der Waals surface area (Å²) in [6.07, 6.45) is 2.12. The number of furan rings is 1. The maximum absolute atomic E-state index is 12.4. The number of ketones is 1. The molecule has 0 spiro atoms. The molecule has 0 bridgehead atoms. The van der Waals surface area contributed by atoms with Gasteiger partial charge in [0.1, 0.15) is 11.7 Å². The van der Waals surface area contributed by atoms with E-state index in [0.29, 0.717) is 23.3 Å². The molecule has 0 amide bonds. The summed E-state index contributed by atoms with van der Waals surface area (Å²) in [6.45, 7) is 1.91. The second-order valence-corrected chi connectivity index (χ2v) is 5.01. The number of hydrogen-bond acceptors (Lipinski definition) is 3. The van der Waals surface area contributed by atoms with Crippen LogP contribution in [-0.4, -0.2) is 5.78 Å². The molecule has 1 heterocycles. The Morgan fingerprint density at radius 2 is 2.26 bits per heavy atom. The zero-order valence-corrected chi connectivity index (χ0v) is 12.0. The molecule has 1 atom stereocenters. The SMILES string of the molecule is CCc1occc1C(=O)C(C#N)c1cccc(Br)c1. The molecule has 1 aromatic heterocycles. The van der Waals surface area contributed by atoms with Gasteiger partial charge >= 0.3 is 0 Å². The lowest BCUT2D eigenvalue weighted by molar-refractivity contribution is 0.0977. The maximum Gasteiger partial charge on any atom is 0.187 e. The molecule has 0 aliphatic heterocycles. The summed E-state index contributed by atoms with van der Waals surface area (Å²) in [6, 6.07) is 10.9. The van der Waals surface area contributed by atoms with Gasteiger partial charge in [-0.1, -0.05) is 35.0 Å². The lowest BCUT2D eigenvalue weighted by Gasteiger charge is -2.08. The van der Waals surface area contributed by atoms with Gasteiger partial charge in [0.2, 0.25) is 0 Å². The van der Waals surface area contributed by atoms with E-state index in [1.54, 1.807) is 18.2 Å². The fraction of sp³-hybridized carbons (Fsp3) is 0.200. The number of rotatable bonds is 4. The Morgan fingerprint density at radius 3 is 2.89 bits per heavy atom. The van der Waals surface area contributed by atoms with Gasteiger partial charge in [0.25, 0.3) is 0 Å². The van der Waals surface area contributed by atoms with Gasteiger partial charge in [0.15, 0.2) is 5.78 Å². The van der Waals surface area contributed by atoms with Crippen molar-refractivity contribution in [3.05, 3.63) is 58.0 Å². The van der Waals surface area contributed by atoms with E-state index in [0.717, 1.165) is 4.47 Å². The summed E-state index contributed by atoms with van der Waals surface area (Å²) in [5.74, 6) is -0.396. The summed E-state index contributed by atoms with van der Waals surface area (Å²) < 4.78 is 6.10. The van der Waals surface area contributed by atoms with E-state index in [-0.39, 0.29) is 5.78 Å². The van der Waals surface area contributed by atoms with Crippen molar-refractivity contribution in [3.8, 4) is 6.07 Å². The molecular formula is C15H12BrNO2. The molecular weight excluding hydrogens is 306 g/mol. The smallest absolute Gasteiger partial charge is 0.187 e. The Labute approximate surface area is 120 Å². The molecule has 0 saturated carbocycles. The van der Waals surface area contributed by atoms with Crippen molar-refractivity contribution in [2.45, 2.75) is 19.3 Å².